The van der Waals surface area contributed by atoms with Gasteiger partial charge in [-0.1, -0.05) is 11.6 Å². The maximum absolute atomic E-state index is 13.6. The molecule has 17 heavy (non-hydrogen) atoms. The molecule has 1 unspecified atom stereocenters. The number of phenolic OH excluding ortho intramolecular Hbond substituents is 1. The van der Waals surface area contributed by atoms with Crippen LogP contribution in [-0.4, -0.2) is 25.3 Å². The standard InChI is InChI=1S/C12H15ClFNO2/c1-17-12-10(14)9(13)5-8(11(12)16)7-3-2-4-15-6-7/h5,7,15-16H,2-4,6H2,1H3. The minimum absolute atomic E-state index is 0.0137. The molecular formula is C12H15ClFNO2. The minimum Gasteiger partial charge on any atom is -0.504 e. The third kappa shape index (κ3) is 2.33. The average molecular weight is 260 g/mol. The second-order valence-electron chi connectivity index (χ2n) is 4.19. The number of phenols is 1. The Morgan fingerprint density at radius 1 is 1.59 bits per heavy atom. The van der Waals surface area contributed by atoms with Crippen molar-refractivity contribution in [1.29, 1.82) is 0 Å². The molecule has 1 fully saturated rings. The number of hydrogen-bond acceptors (Lipinski definition) is 3. The average Bonchev–Trinajstić information content (AvgIpc) is 2.36. The van der Waals surface area contributed by atoms with Crippen molar-refractivity contribution >= 4 is 11.6 Å². The Labute approximate surface area is 105 Å². The van der Waals surface area contributed by atoms with Crippen LogP contribution in [-0.2, 0) is 0 Å². The number of methoxy groups -OCH3 is 1. The first kappa shape index (κ1) is 12.5. The van der Waals surface area contributed by atoms with Crippen molar-refractivity contribution in [3.8, 4) is 11.5 Å². The quantitative estimate of drug-likeness (QED) is 0.858. The Bertz CT molecular complexity index is 419. The van der Waals surface area contributed by atoms with E-state index in [2.05, 4.69) is 5.32 Å². The summed E-state index contributed by atoms with van der Waals surface area (Å²) in [6.45, 7) is 1.74. The van der Waals surface area contributed by atoms with E-state index in [1.165, 1.54) is 13.2 Å². The van der Waals surface area contributed by atoms with Crippen molar-refractivity contribution in [3.05, 3.63) is 22.5 Å². The van der Waals surface area contributed by atoms with Crippen LogP contribution in [0.15, 0.2) is 6.07 Å². The summed E-state index contributed by atoms with van der Waals surface area (Å²) in [6, 6.07) is 1.49. The molecule has 0 amide bonds. The van der Waals surface area contributed by atoms with Crippen LogP contribution in [0.2, 0.25) is 5.02 Å². The largest absolute Gasteiger partial charge is 0.504 e. The molecule has 0 spiro atoms. The van der Waals surface area contributed by atoms with E-state index in [-0.39, 0.29) is 22.4 Å². The zero-order chi connectivity index (χ0) is 12.4. The fourth-order valence-corrected chi connectivity index (χ4v) is 2.43. The van der Waals surface area contributed by atoms with Gasteiger partial charge in [0.2, 0.25) is 0 Å². The van der Waals surface area contributed by atoms with Crippen LogP contribution >= 0.6 is 11.6 Å². The third-order valence-electron chi connectivity index (χ3n) is 3.12. The van der Waals surface area contributed by atoms with Gasteiger partial charge in [0.1, 0.15) is 0 Å². The van der Waals surface area contributed by atoms with E-state index >= 15 is 0 Å². The molecule has 0 bridgehead atoms. The molecule has 1 aromatic carbocycles. The van der Waals surface area contributed by atoms with Crippen molar-refractivity contribution in [3.63, 3.8) is 0 Å². The summed E-state index contributed by atoms with van der Waals surface area (Å²) in [6.07, 6.45) is 1.98. The van der Waals surface area contributed by atoms with E-state index < -0.39 is 5.82 Å². The van der Waals surface area contributed by atoms with E-state index in [1.54, 1.807) is 0 Å². The zero-order valence-corrected chi connectivity index (χ0v) is 10.4. The highest BCUT2D eigenvalue weighted by molar-refractivity contribution is 6.31. The molecule has 1 atom stereocenters. The van der Waals surface area contributed by atoms with E-state index in [0.29, 0.717) is 5.56 Å². The van der Waals surface area contributed by atoms with Crippen molar-refractivity contribution < 1.29 is 14.2 Å². The van der Waals surface area contributed by atoms with Gasteiger partial charge in [0.25, 0.3) is 0 Å². The number of aromatic hydroxyl groups is 1. The molecule has 1 aliphatic rings. The van der Waals surface area contributed by atoms with E-state index in [0.717, 1.165) is 25.9 Å². The summed E-state index contributed by atoms with van der Waals surface area (Å²) < 4.78 is 18.4. The van der Waals surface area contributed by atoms with Gasteiger partial charge in [-0.2, -0.15) is 0 Å². The van der Waals surface area contributed by atoms with Crippen molar-refractivity contribution in [2.45, 2.75) is 18.8 Å². The monoisotopic (exact) mass is 259 g/mol. The highest BCUT2D eigenvalue weighted by Crippen LogP contribution is 2.41. The van der Waals surface area contributed by atoms with Crippen molar-refractivity contribution in [2.75, 3.05) is 20.2 Å². The Hall–Kier alpha value is -1.00. The number of ether oxygens (including phenoxy) is 1. The van der Waals surface area contributed by atoms with Gasteiger partial charge in [-0.3, -0.25) is 0 Å². The van der Waals surface area contributed by atoms with E-state index in [1.807, 2.05) is 0 Å². The first-order chi connectivity index (χ1) is 8.15. The molecule has 1 aliphatic heterocycles. The van der Waals surface area contributed by atoms with Gasteiger partial charge >= 0.3 is 0 Å². The summed E-state index contributed by atoms with van der Waals surface area (Å²) in [7, 11) is 1.32. The molecule has 2 rings (SSSR count). The Morgan fingerprint density at radius 3 is 2.94 bits per heavy atom. The summed E-state index contributed by atoms with van der Waals surface area (Å²) in [5, 5.41) is 13.2. The lowest BCUT2D eigenvalue weighted by molar-refractivity contribution is 0.343. The second kappa shape index (κ2) is 5.10. The first-order valence-electron chi connectivity index (χ1n) is 5.60. The van der Waals surface area contributed by atoms with Gasteiger partial charge < -0.3 is 15.2 Å². The molecular weight excluding hydrogens is 245 g/mol. The first-order valence-corrected chi connectivity index (χ1v) is 5.98. The van der Waals surface area contributed by atoms with Crippen molar-refractivity contribution in [1.82, 2.24) is 5.32 Å². The smallest absolute Gasteiger partial charge is 0.198 e. The number of benzene rings is 1. The topological polar surface area (TPSA) is 41.5 Å². The van der Waals surface area contributed by atoms with Gasteiger partial charge in [-0.05, 0) is 25.5 Å². The lowest BCUT2D eigenvalue weighted by Crippen LogP contribution is -2.28. The molecule has 94 valence electrons. The summed E-state index contributed by atoms with van der Waals surface area (Å²) >= 11 is 5.80. The predicted octanol–water partition coefficient (Wildman–Crippen LogP) is 2.66. The molecule has 0 aliphatic carbocycles. The Morgan fingerprint density at radius 2 is 2.35 bits per heavy atom. The molecule has 2 N–H and O–H groups in total. The Kier molecular flexibility index (Phi) is 3.74. The fourth-order valence-electron chi connectivity index (χ4n) is 2.23. The molecule has 1 saturated heterocycles. The maximum Gasteiger partial charge on any atom is 0.198 e. The van der Waals surface area contributed by atoms with E-state index in [4.69, 9.17) is 16.3 Å². The highest BCUT2D eigenvalue weighted by Gasteiger charge is 2.24. The molecule has 1 heterocycles. The molecule has 3 nitrogen and oxygen atoms in total. The summed E-state index contributed by atoms with van der Waals surface area (Å²) in [5.41, 5.74) is 0.653. The van der Waals surface area contributed by atoms with Gasteiger partial charge in [0.05, 0.1) is 12.1 Å². The lowest BCUT2D eigenvalue weighted by Gasteiger charge is -2.24. The third-order valence-corrected chi connectivity index (χ3v) is 3.40. The Balaban J connectivity index is 2.42. The van der Waals surface area contributed by atoms with Crippen LogP contribution in [0.1, 0.15) is 24.3 Å². The summed E-state index contributed by atoms with van der Waals surface area (Å²) in [5.74, 6) is -0.865. The molecule has 0 radical (unpaired) electrons. The highest BCUT2D eigenvalue weighted by atomic mass is 35.5. The molecule has 0 aromatic heterocycles. The SMILES string of the molecule is COc1c(O)c(C2CCCNC2)cc(Cl)c1F. The summed E-state index contributed by atoms with van der Waals surface area (Å²) in [4.78, 5) is 0. The number of piperidine rings is 1. The number of rotatable bonds is 2. The predicted molar refractivity (Wildman–Crippen MR) is 64.5 cm³/mol. The van der Waals surface area contributed by atoms with Gasteiger partial charge in [-0.25, -0.2) is 4.39 Å². The van der Waals surface area contributed by atoms with Crippen LogP contribution in [0.4, 0.5) is 4.39 Å². The van der Waals surface area contributed by atoms with Gasteiger partial charge in [0.15, 0.2) is 17.3 Å². The number of nitrogens with one attached hydrogen (secondary N) is 1. The maximum atomic E-state index is 13.6. The second-order valence-corrected chi connectivity index (χ2v) is 4.59. The normalized spacial score (nSPS) is 20.3. The van der Waals surface area contributed by atoms with Crippen LogP contribution in [0.5, 0.6) is 11.5 Å². The van der Waals surface area contributed by atoms with Gasteiger partial charge in [0, 0.05) is 18.0 Å². The molecule has 5 heteroatoms. The molecule has 0 saturated carbocycles. The van der Waals surface area contributed by atoms with Crippen LogP contribution < -0.4 is 10.1 Å². The lowest BCUT2D eigenvalue weighted by atomic mass is 9.90. The number of halogens is 2. The zero-order valence-electron chi connectivity index (χ0n) is 9.59. The van der Waals surface area contributed by atoms with Crippen LogP contribution in [0.25, 0.3) is 0 Å². The van der Waals surface area contributed by atoms with Crippen molar-refractivity contribution in [2.24, 2.45) is 0 Å². The van der Waals surface area contributed by atoms with Crippen LogP contribution in [0, 0.1) is 5.82 Å². The van der Waals surface area contributed by atoms with Gasteiger partial charge in [-0.15, -0.1) is 0 Å². The van der Waals surface area contributed by atoms with Crippen LogP contribution in [0.3, 0.4) is 0 Å². The number of hydrogen-bond donors (Lipinski definition) is 2. The fraction of sp³-hybridized carbons (Fsp3) is 0.500. The minimum atomic E-state index is -0.709. The van der Waals surface area contributed by atoms with E-state index in [9.17, 15) is 9.50 Å². The molecule has 1 aromatic rings.